The quantitative estimate of drug-likeness (QED) is 0.279. The molecule has 140 valence electrons. The van der Waals surface area contributed by atoms with E-state index in [0.29, 0.717) is 16.9 Å². The van der Waals surface area contributed by atoms with E-state index in [1.54, 1.807) is 0 Å². The number of benzene rings is 2. The molecule has 5 heteroatoms. The predicted octanol–water partition coefficient (Wildman–Crippen LogP) is 2.68. The van der Waals surface area contributed by atoms with Crippen molar-refractivity contribution in [2.75, 3.05) is 34.8 Å². The first kappa shape index (κ1) is 20.4. The van der Waals surface area contributed by atoms with E-state index in [1.807, 2.05) is 54.6 Å². The lowest BCUT2D eigenvalue weighted by Gasteiger charge is -2.30. The lowest BCUT2D eigenvalue weighted by atomic mass is 10.0. The fourth-order valence-corrected chi connectivity index (χ4v) is 4.95. The first-order chi connectivity index (χ1) is 12.5. The van der Waals surface area contributed by atoms with Gasteiger partial charge in [0.25, 0.3) is 0 Å². The summed E-state index contributed by atoms with van der Waals surface area (Å²) in [7, 11) is 8.39. The van der Waals surface area contributed by atoms with Gasteiger partial charge in [0.15, 0.2) is 5.78 Å². The van der Waals surface area contributed by atoms with Gasteiger partial charge in [0, 0.05) is 16.9 Å². The summed E-state index contributed by atoms with van der Waals surface area (Å²) in [6.07, 6.45) is 1.08. The summed E-state index contributed by atoms with van der Waals surface area (Å²) in [5.41, 5.74) is 1.40. The number of nitrogens with zero attached hydrogens (tertiary/aromatic N) is 2. The minimum Gasteiger partial charge on any atom is -0.494 e. The van der Waals surface area contributed by atoms with Crippen molar-refractivity contribution in [2.24, 2.45) is 0 Å². The van der Waals surface area contributed by atoms with Crippen LogP contribution in [0, 0.1) is 0 Å². The Balaban J connectivity index is 1.77. The van der Waals surface area contributed by atoms with Gasteiger partial charge >= 0.3 is 0 Å². The van der Waals surface area contributed by atoms with Crippen molar-refractivity contribution in [3.05, 3.63) is 65.7 Å². The maximum atomic E-state index is 12.4. The number of hydrogen-bond acceptors (Lipinski definition) is 4. The van der Waals surface area contributed by atoms with Crippen molar-refractivity contribution in [2.45, 2.75) is 18.3 Å². The van der Waals surface area contributed by atoms with E-state index in [9.17, 15) is 4.79 Å². The topological polar surface area (TPSA) is 32.8 Å². The molecule has 0 bridgehead atoms. The van der Waals surface area contributed by atoms with Gasteiger partial charge in [-0.15, -0.1) is 0 Å². The molecule has 0 aliphatic rings. The molecule has 0 aliphatic heterocycles. The Kier molecular flexibility index (Phi) is 8.03. The molecule has 0 radical (unpaired) electrons. The summed E-state index contributed by atoms with van der Waals surface area (Å²) >= 11 is 0. The Bertz CT molecular complexity index is 664. The molecule has 0 aliphatic carbocycles. The fourth-order valence-electron chi connectivity index (χ4n) is 3.06. The van der Waals surface area contributed by atoms with Crippen molar-refractivity contribution >= 4 is 15.3 Å². The SMILES string of the molecule is CN(C)C([SiH2]CCCOc1ccc(C(=O)c2ccccc2)cc1)N(C)C. The number of rotatable bonds is 10. The van der Waals surface area contributed by atoms with Crippen LogP contribution >= 0.6 is 0 Å². The van der Waals surface area contributed by atoms with Crippen LogP contribution in [-0.2, 0) is 0 Å². The molecule has 0 N–H and O–H groups in total. The van der Waals surface area contributed by atoms with Crippen LogP contribution in [0.3, 0.4) is 0 Å². The van der Waals surface area contributed by atoms with Gasteiger partial charge in [-0.05, 0) is 58.9 Å². The molecule has 0 heterocycles. The highest BCUT2D eigenvalue weighted by Crippen LogP contribution is 2.16. The summed E-state index contributed by atoms with van der Waals surface area (Å²) < 4.78 is 5.83. The highest BCUT2D eigenvalue weighted by molar-refractivity contribution is 6.37. The Labute approximate surface area is 159 Å². The monoisotopic (exact) mass is 370 g/mol. The molecule has 0 saturated carbocycles. The van der Waals surface area contributed by atoms with Gasteiger partial charge in [-0.1, -0.05) is 36.4 Å². The Morgan fingerprint density at radius 2 is 1.50 bits per heavy atom. The van der Waals surface area contributed by atoms with Crippen molar-refractivity contribution in [3.63, 3.8) is 0 Å². The summed E-state index contributed by atoms with van der Waals surface area (Å²) in [5.74, 6) is 1.47. The lowest BCUT2D eigenvalue weighted by Crippen LogP contribution is -2.45. The molecule has 2 aromatic carbocycles. The van der Waals surface area contributed by atoms with Crippen LogP contribution in [0.4, 0.5) is 0 Å². The first-order valence-electron chi connectivity index (χ1n) is 9.14. The van der Waals surface area contributed by atoms with E-state index in [-0.39, 0.29) is 15.3 Å². The van der Waals surface area contributed by atoms with Gasteiger partial charge < -0.3 is 4.74 Å². The predicted molar refractivity (Wildman–Crippen MR) is 111 cm³/mol. The molecule has 0 spiro atoms. The van der Waals surface area contributed by atoms with Crippen molar-refractivity contribution in [3.8, 4) is 5.75 Å². The number of ether oxygens (including phenoxy) is 1. The second-order valence-corrected chi connectivity index (χ2v) is 8.99. The van der Waals surface area contributed by atoms with Crippen LogP contribution in [0.5, 0.6) is 5.75 Å². The third-order valence-electron chi connectivity index (χ3n) is 4.47. The van der Waals surface area contributed by atoms with Gasteiger partial charge in [-0.3, -0.25) is 14.6 Å². The number of ketones is 1. The second kappa shape index (κ2) is 10.3. The average molecular weight is 371 g/mol. The van der Waals surface area contributed by atoms with Crippen LogP contribution in [-0.4, -0.2) is 65.7 Å². The van der Waals surface area contributed by atoms with Gasteiger partial charge in [0.05, 0.1) is 16.1 Å². The summed E-state index contributed by atoms with van der Waals surface area (Å²) in [4.78, 5) is 17.0. The maximum Gasteiger partial charge on any atom is 0.193 e. The molecule has 0 saturated heterocycles. The fraction of sp³-hybridized carbons (Fsp3) is 0.381. The summed E-state index contributed by atoms with van der Waals surface area (Å²) in [6, 6.07) is 18.1. The molecular formula is C21H30N2O2Si. The van der Waals surface area contributed by atoms with E-state index in [0.717, 1.165) is 18.8 Å². The Hall–Kier alpha value is -1.95. The third kappa shape index (κ3) is 6.09. The van der Waals surface area contributed by atoms with Crippen molar-refractivity contribution in [1.29, 1.82) is 0 Å². The highest BCUT2D eigenvalue weighted by Gasteiger charge is 2.13. The molecule has 4 nitrogen and oxygen atoms in total. The minimum atomic E-state index is -0.190. The molecule has 26 heavy (non-hydrogen) atoms. The van der Waals surface area contributed by atoms with Gasteiger partial charge in [0.1, 0.15) is 5.75 Å². The van der Waals surface area contributed by atoms with Gasteiger partial charge in [-0.2, -0.15) is 0 Å². The normalized spacial score (nSPS) is 11.8. The van der Waals surface area contributed by atoms with E-state index in [4.69, 9.17) is 4.74 Å². The molecule has 0 aromatic heterocycles. The third-order valence-corrected chi connectivity index (χ3v) is 7.36. The van der Waals surface area contributed by atoms with E-state index < -0.39 is 0 Å². The largest absolute Gasteiger partial charge is 0.494 e. The first-order valence-corrected chi connectivity index (χ1v) is 11.0. The Morgan fingerprint density at radius 3 is 2.08 bits per heavy atom. The standard InChI is InChI=1S/C21H30N2O2Si/c1-22(2)21(23(3)4)26-16-8-15-25-19-13-11-18(12-14-19)20(24)17-9-6-5-7-10-17/h5-7,9-14,21H,8,15-16,26H2,1-4H3. The number of hydrogen-bond donors (Lipinski definition) is 0. The van der Waals surface area contributed by atoms with E-state index in [2.05, 4.69) is 38.0 Å². The highest BCUT2D eigenvalue weighted by atomic mass is 28.2. The number of carbonyl (C=O) groups is 1. The second-order valence-electron chi connectivity index (χ2n) is 6.97. The van der Waals surface area contributed by atoms with Crippen LogP contribution < -0.4 is 4.74 Å². The van der Waals surface area contributed by atoms with Crippen LogP contribution in [0.15, 0.2) is 54.6 Å². The van der Waals surface area contributed by atoms with E-state index >= 15 is 0 Å². The zero-order valence-electron chi connectivity index (χ0n) is 16.3. The maximum absolute atomic E-state index is 12.4. The van der Waals surface area contributed by atoms with E-state index in [1.165, 1.54) is 6.04 Å². The molecule has 0 amide bonds. The Morgan fingerprint density at radius 1 is 0.923 bits per heavy atom. The zero-order valence-corrected chi connectivity index (χ0v) is 17.7. The molecule has 2 rings (SSSR count). The minimum absolute atomic E-state index is 0.0431. The smallest absolute Gasteiger partial charge is 0.193 e. The van der Waals surface area contributed by atoms with Crippen LogP contribution in [0.1, 0.15) is 22.3 Å². The van der Waals surface area contributed by atoms with Crippen molar-refractivity contribution < 1.29 is 9.53 Å². The molecule has 0 unspecified atom stereocenters. The van der Waals surface area contributed by atoms with Gasteiger partial charge in [0.2, 0.25) is 0 Å². The average Bonchev–Trinajstić information content (AvgIpc) is 2.64. The molecule has 0 atom stereocenters. The molecule has 2 aromatic rings. The number of carbonyl (C=O) groups excluding carboxylic acids is 1. The van der Waals surface area contributed by atoms with Crippen molar-refractivity contribution in [1.82, 2.24) is 9.80 Å². The summed E-state index contributed by atoms with van der Waals surface area (Å²) in [6.45, 7) is 0.729. The van der Waals surface area contributed by atoms with Crippen LogP contribution in [0.2, 0.25) is 6.04 Å². The van der Waals surface area contributed by atoms with Crippen LogP contribution in [0.25, 0.3) is 0 Å². The summed E-state index contributed by atoms with van der Waals surface area (Å²) in [5, 5.41) is 0. The van der Waals surface area contributed by atoms with Gasteiger partial charge in [-0.25, -0.2) is 0 Å². The lowest BCUT2D eigenvalue weighted by molar-refractivity contribution is 0.103. The zero-order chi connectivity index (χ0) is 18.9. The molecular weight excluding hydrogens is 340 g/mol. The molecule has 0 fully saturated rings.